The highest BCUT2D eigenvalue weighted by atomic mass is 35.5. The molecule has 37 heavy (non-hydrogen) atoms. The van der Waals surface area contributed by atoms with Gasteiger partial charge in [0.1, 0.15) is 17.4 Å². The Morgan fingerprint density at radius 2 is 1.89 bits per heavy atom. The number of amides is 1. The number of hydrogen-bond acceptors (Lipinski definition) is 7. The molecule has 0 radical (unpaired) electrons. The number of ketones is 1. The molecule has 0 spiro atoms. The third-order valence-corrected chi connectivity index (χ3v) is 6.54. The van der Waals surface area contributed by atoms with Crippen LogP contribution in [-0.4, -0.2) is 25.4 Å². The van der Waals surface area contributed by atoms with E-state index in [0.29, 0.717) is 57.0 Å². The molecule has 2 aromatic rings. The van der Waals surface area contributed by atoms with Gasteiger partial charge in [-0.05, 0) is 41.3 Å². The number of carbonyl (C=O) groups is 2. The number of nitrogens with zero attached hydrogens (tertiary/aromatic N) is 1. The van der Waals surface area contributed by atoms with Crippen LogP contribution in [0, 0.1) is 16.7 Å². The zero-order chi connectivity index (χ0) is 26.9. The third kappa shape index (κ3) is 5.68. The maximum Gasteiger partial charge on any atom is 0.262 e. The zero-order valence-electron chi connectivity index (χ0n) is 20.5. The molecule has 1 atom stereocenters. The summed E-state index contributed by atoms with van der Waals surface area (Å²) >= 11 is 11.9. The molecule has 0 fully saturated rings. The number of ether oxygens (including phenoxy) is 3. The average molecular weight is 542 g/mol. The smallest absolute Gasteiger partial charge is 0.262 e. The standard InChI is InChI=1S/C27H25Cl2N3O5/c1-27(2)10-19(33)25-22(11-27)37-26(31)18(12-30)24(25)14-4-5-20(21(6-14)35-3)36-13-23(34)32-17-8-15(28)7-16(29)9-17/h4-9,24H,10-11,13,31H2,1-3H3,(H,32,34). The molecule has 4 rings (SSSR count). The first-order valence-corrected chi connectivity index (χ1v) is 12.2. The summed E-state index contributed by atoms with van der Waals surface area (Å²) in [7, 11) is 1.46. The number of nitriles is 1. The molecule has 1 aliphatic carbocycles. The second kappa shape index (κ2) is 10.4. The average Bonchev–Trinajstić information content (AvgIpc) is 2.80. The van der Waals surface area contributed by atoms with Crippen LogP contribution in [0.3, 0.4) is 0 Å². The molecule has 0 aromatic heterocycles. The van der Waals surface area contributed by atoms with Gasteiger partial charge in [0, 0.05) is 34.1 Å². The van der Waals surface area contributed by atoms with Crippen molar-refractivity contribution in [3.63, 3.8) is 0 Å². The van der Waals surface area contributed by atoms with Crippen molar-refractivity contribution in [3.8, 4) is 17.6 Å². The van der Waals surface area contributed by atoms with Crippen LogP contribution in [0.1, 0.15) is 38.2 Å². The lowest BCUT2D eigenvalue weighted by molar-refractivity contribution is -0.119. The predicted octanol–water partition coefficient (Wildman–Crippen LogP) is 5.47. The van der Waals surface area contributed by atoms with Gasteiger partial charge in [0.05, 0.1) is 13.0 Å². The van der Waals surface area contributed by atoms with Crippen LogP contribution in [0.5, 0.6) is 11.5 Å². The number of hydrogen-bond donors (Lipinski definition) is 2. The molecule has 8 nitrogen and oxygen atoms in total. The van der Waals surface area contributed by atoms with Crippen LogP contribution in [0.25, 0.3) is 0 Å². The van der Waals surface area contributed by atoms with Gasteiger partial charge in [0.15, 0.2) is 23.9 Å². The Kier molecular flexibility index (Phi) is 7.39. The first-order valence-electron chi connectivity index (χ1n) is 11.4. The molecule has 2 aromatic carbocycles. The highest BCUT2D eigenvalue weighted by Crippen LogP contribution is 2.48. The van der Waals surface area contributed by atoms with E-state index < -0.39 is 11.8 Å². The number of nitrogens with two attached hydrogens (primary N) is 1. The van der Waals surface area contributed by atoms with E-state index in [9.17, 15) is 14.9 Å². The molecule has 0 bridgehead atoms. The summed E-state index contributed by atoms with van der Waals surface area (Å²) in [5.41, 5.74) is 7.45. The number of allylic oxidation sites excluding steroid dienone is 3. The molecule has 0 saturated heterocycles. The molecule has 1 aliphatic heterocycles. The number of anilines is 1. The molecule has 3 N–H and O–H groups in total. The molecule has 2 aliphatic rings. The molecule has 1 unspecified atom stereocenters. The van der Waals surface area contributed by atoms with Crippen LogP contribution < -0.4 is 20.5 Å². The molecule has 0 saturated carbocycles. The van der Waals surface area contributed by atoms with E-state index >= 15 is 0 Å². The van der Waals surface area contributed by atoms with E-state index in [4.69, 9.17) is 43.1 Å². The van der Waals surface area contributed by atoms with E-state index in [0.717, 1.165) is 0 Å². The third-order valence-electron chi connectivity index (χ3n) is 6.10. The molecular formula is C27H25Cl2N3O5. The van der Waals surface area contributed by atoms with Crippen molar-refractivity contribution in [1.82, 2.24) is 0 Å². The Balaban J connectivity index is 1.59. The summed E-state index contributed by atoms with van der Waals surface area (Å²) < 4.78 is 16.9. The van der Waals surface area contributed by atoms with E-state index in [-0.39, 0.29) is 29.3 Å². The summed E-state index contributed by atoms with van der Waals surface area (Å²) in [5.74, 6) is -0.123. The van der Waals surface area contributed by atoms with E-state index in [1.165, 1.54) is 7.11 Å². The van der Waals surface area contributed by atoms with Crippen molar-refractivity contribution in [2.75, 3.05) is 19.0 Å². The summed E-state index contributed by atoms with van der Waals surface area (Å²) in [6.45, 7) is 3.66. The molecule has 1 amide bonds. The van der Waals surface area contributed by atoms with E-state index in [1.54, 1.807) is 36.4 Å². The zero-order valence-corrected chi connectivity index (χ0v) is 22.0. The molecule has 10 heteroatoms. The van der Waals surface area contributed by atoms with E-state index in [2.05, 4.69) is 11.4 Å². The Hall–Kier alpha value is -3.67. The first kappa shape index (κ1) is 26.4. The molecular weight excluding hydrogens is 517 g/mol. The lowest BCUT2D eigenvalue weighted by Gasteiger charge is -2.37. The SMILES string of the molecule is COc1cc(C2C(C#N)=C(N)OC3=C2C(=O)CC(C)(C)C3)ccc1OCC(=O)Nc1cc(Cl)cc(Cl)c1. The second-order valence-electron chi connectivity index (χ2n) is 9.61. The normalized spacial score (nSPS) is 18.5. The molecule has 1 heterocycles. The van der Waals surface area contributed by atoms with Gasteiger partial charge < -0.3 is 25.3 Å². The van der Waals surface area contributed by atoms with Crippen molar-refractivity contribution < 1.29 is 23.8 Å². The highest BCUT2D eigenvalue weighted by Gasteiger charge is 2.43. The van der Waals surface area contributed by atoms with Crippen molar-refractivity contribution in [1.29, 1.82) is 5.26 Å². The summed E-state index contributed by atoms with van der Waals surface area (Å²) in [6.07, 6.45) is 0.852. The maximum absolute atomic E-state index is 13.2. The van der Waals surface area contributed by atoms with Gasteiger partial charge in [-0.25, -0.2) is 0 Å². The Labute approximate surface area is 224 Å². The van der Waals surface area contributed by atoms with Crippen LogP contribution in [0.15, 0.2) is 59.2 Å². The van der Waals surface area contributed by atoms with Gasteiger partial charge in [0.2, 0.25) is 5.88 Å². The number of benzene rings is 2. The largest absolute Gasteiger partial charge is 0.493 e. The lowest BCUT2D eigenvalue weighted by atomic mass is 9.70. The fraction of sp³-hybridized carbons (Fsp3) is 0.296. The maximum atomic E-state index is 13.2. The van der Waals surface area contributed by atoms with Gasteiger partial charge in [0.25, 0.3) is 5.91 Å². The van der Waals surface area contributed by atoms with Gasteiger partial charge in [-0.2, -0.15) is 5.26 Å². The van der Waals surface area contributed by atoms with Gasteiger partial charge in [-0.15, -0.1) is 0 Å². The van der Waals surface area contributed by atoms with E-state index in [1.807, 2.05) is 13.8 Å². The second-order valence-corrected chi connectivity index (χ2v) is 10.5. The minimum absolute atomic E-state index is 0.0196. The number of Topliss-reactive ketones (excluding diaryl/α,β-unsaturated/α-hetero) is 1. The minimum atomic E-state index is -0.698. The van der Waals surface area contributed by atoms with Crippen molar-refractivity contribution in [2.45, 2.75) is 32.6 Å². The number of halogens is 2. The Morgan fingerprint density at radius 1 is 1.19 bits per heavy atom. The fourth-order valence-electron chi connectivity index (χ4n) is 4.57. The predicted molar refractivity (Wildman–Crippen MR) is 139 cm³/mol. The van der Waals surface area contributed by atoms with Crippen molar-refractivity contribution in [3.05, 3.63) is 74.8 Å². The van der Waals surface area contributed by atoms with Crippen molar-refractivity contribution >= 4 is 40.6 Å². The number of nitrogens with one attached hydrogen (secondary N) is 1. The molecule has 192 valence electrons. The fourth-order valence-corrected chi connectivity index (χ4v) is 5.09. The Bertz CT molecular complexity index is 1370. The topological polar surface area (TPSA) is 124 Å². The first-order chi connectivity index (χ1) is 17.5. The van der Waals surface area contributed by atoms with Crippen LogP contribution in [0.2, 0.25) is 10.0 Å². The Morgan fingerprint density at radius 3 is 2.54 bits per heavy atom. The number of rotatable bonds is 6. The van der Waals surface area contributed by atoms with Gasteiger partial charge in [-0.1, -0.05) is 43.1 Å². The summed E-state index contributed by atoms with van der Waals surface area (Å²) in [4.78, 5) is 25.6. The van der Waals surface area contributed by atoms with Gasteiger partial charge >= 0.3 is 0 Å². The van der Waals surface area contributed by atoms with Crippen molar-refractivity contribution in [2.24, 2.45) is 11.1 Å². The monoisotopic (exact) mass is 541 g/mol. The van der Waals surface area contributed by atoms with Crippen LogP contribution >= 0.6 is 23.2 Å². The summed E-state index contributed by atoms with van der Waals surface area (Å²) in [6, 6.07) is 11.8. The minimum Gasteiger partial charge on any atom is -0.493 e. The van der Waals surface area contributed by atoms with Crippen LogP contribution in [0.4, 0.5) is 5.69 Å². The summed E-state index contributed by atoms with van der Waals surface area (Å²) in [5, 5.41) is 13.3. The number of methoxy groups -OCH3 is 1. The van der Waals surface area contributed by atoms with Crippen LogP contribution in [-0.2, 0) is 14.3 Å². The lowest BCUT2D eigenvalue weighted by Crippen LogP contribution is -2.33. The quantitative estimate of drug-likeness (QED) is 0.496. The van der Waals surface area contributed by atoms with Gasteiger partial charge in [-0.3, -0.25) is 9.59 Å². The highest BCUT2D eigenvalue weighted by molar-refractivity contribution is 6.35. The number of carbonyl (C=O) groups excluding carboxylic acids is 2.